The predicted octanol–water partition coefficient (Wildman–Crippen LogP) is 3.38. The Kier molecular flexibility index (Phi) is 3.19. The summed E-state index contributed by atoms with van der Waals surface area (Å²) in [4.78, 5) is 0. The SMILES string of the molecule is Cc1ccc2c(c1)CCC(NC1CCC1)CC2. The maximum absolute atomic E-state index is 3.84. The van der Waals surface area contributed by atoms with Gasteiger partial charge in [-0.05, 0) is 56.6 Å². The minimum absolute atomic E-state index is 0.757. The van der Waals surface area contributed by atoms with E-state index < -0.39 is 0 Å². The summed E-state index contributed by atoms with van der Waals surface area (Å²) in [5.74, 6) is 0. The summed E-state index contributed by atoms with van der Waals surface area (Å²) in [6.07, 6.45) is 9.43. The quantitative estimate of drug-likeness (QED) is 0.767. The highest BCUT2D eigenvalue weighted by Crippen LogP contribution is 2.25. The molecule has 0 heterocycles. The fourth-order valence-corrected chi connectivity index (χ4v) is 3.11. The Morgan fingerprint density at radius 3 is 2.35 bits per heavy atom. The summed E-state index contributed by atoms with van der Waals surface area (Å²) < 4.78 is 0. The first-order valence-electron chi connectivity index (χ1n) is 7.16. The fourth-order valence-electron chi connectivity index (χ4n) is 3.11. The average molecular weight is 229 g/mol. The topological polar surface area (TPSA) is 12.0 Å². The molecule has 0 radical (unpaired) electrons. The molecule has 92 valence electrons. The largest absolute Gasteiger partial charge is 0.311 e. The summed E-state index contributed by atoms with van der Waals surface area (Å²) >= 11 is 0. The number of benzene rings is 1. The van der Waals surface area contributed by atoms with E-state index in [-0.39, 0.29) is 0 Å². The molecule has 1 fully saturated rings. The van der Waals surface area contributed by atoms with Crippen molar-refractivity contribution in [1.82, 2.24) is 5.32 Å². The Labute approximate surface area is 105 Å². The van der Waals surface area contributed by atoms with Crippen molar-refractivity contribution in [1.29, 1.82) is 0 Å². The van der Waals surface area contributed by atoms with Crippen LogP contribution in [0.25, 0.3) is 0 Å². The molecule has 1 nitrogen and oxygen atoms in total. The second-order valence-electron chi connectivity index (χ2n) is 5.84. The second kappa shape index (κ2) is 4.81. The number of hydrogen-bond donors (Lipinski definition) is 1. The number of aryl methyl sites for hydroxylation is 3. The third-order valence-corrected chi connectivity index (χ3v) is 4.46. The number of rotatable bonds is 2. The summed E-state index contributed by atoms with van der Waals surface area (Å²) in [5, 5.41) is 3.84. The molecular formula is C16H23N. The second-order valence-corrected chi connectivity index (χ2v) is 5.84. The molecule has 0 amide bonds. The molecule has 1 saturated carbocycles. The monoisotopic (exact) mass is 229 g/mol. The van der Waals surface area contributed by atoms with E-state index in [1.807, 2.05) is 0 Å². The van der Waals surface area contributed by atoms with Gasteiger partial charge in [0, 0.05) is 12.1 Å². The van der Waals surface area contributed by atoms with Gasteiger partial charge in [0.1, 0.15) is 0 Å². The molecule has 0 spiro atoms. The van der Waals surface area contributed by atoms with Crippen molar-refractivity contribution < 1.29 is 0 Å². The van der Waals surface area contributed by atoms with Crippen LogP contribution in [0.15, 0.2) is 18.2 Å². The van der Waals surface area contributed by atoms with E-state index >= 15 is 0 Å². The van der Waals surface area contributed by atoms with Gasteiger partial charge in [0.15, 0.2) is 0 Å². The lowest BCUT2D eigenvalue weighted by atomic mass is 9.91. The summed E-state index contributed by atoms with van der Waals surface area (Å²) in [6, 6.07) is 8.59. The van der Waals surface area contributed by atoms with E-state index in [1.54, 1.807) is 11.1 Å². The van der Waals surface area contributed by atoms with Crippen LogP contribution in [0.3, 0.4) is 0 Å². The van der Waals surface area contributed by atoms with Crippen LogP contribution in [0.2, 0.25) is 0 Å². The Morgan fingerprint density at radius 1 is 0.941 bits per heavy atom. The Bertz CT molecular complexity index is 393. The highest BCUT2D eigenvalue weighted by atomic mass is 15.0. The molecule has 1 aromatic carbocycles. The van der Waals surface area contributed by atoms with Gasteiger partial charge in [-0.15, -0.1) is 0 Å². The van der Waals surface area contributed by atoms with Crippen molar-refractivity contribution in [3.63, 3.8) is 0 Å². The van der Waals surface area contributed by atoms with E-state index in [1.165, 1.54) is 50.5 Å². The Morgan fingerprint density at radius 2 is 1.65 bits per heavy atom. The molecule has 0 bridgehead atoms. The molecule has 0 aromatic heterocycles. The minimum atomic E-state index is 0.757. The highest BCUT2D eigenvalue weighted by molar-refractivity contribution is 5.32. The van der Waals surface area contributed by atoms with Crippen LogP contribution >= 0.6 is 0 Å². The van der Waals surface area contributed by atoms with Crippen LogP contribution in [0, 0.1) is 6.92 Å². The third-order valence-electron chi connectivity index (χ3n) is 4.46. The first-order chi connectivity index (χ1) is 8.31. The zero-order chi connectivity index (χ0) is 11.7. The van der Waals surface area contributed by atoms with E-state index in [0.717, 1.165) is 12.1 Å². The minimum Gasteiger partial charge on any atom is -0.311 e. The highest BCUT2D eigenvalue weighted by Gasteiger charge is 2.22. The molecular weight excluding hydrogens is 206 g/mol. The van der Waals surface area contributed by atoms with Crippen molar-refractivity contribution in [3.8, 4) is 0 Å². The normalized spacial score (nSPS) is 24.9. The lowest BCUT2D eigenvalue weighted by Crippen LogP contribution is -2.42. The Balaban J connectivity index is 1.65. The van der Waals surface area contributed by atoms with Gasteiger partial charge in [-0.3, -0.25) is 0 Å². The maximum Gasteiger partial charge on any atom is 0.00759 e. The van der Waals surface area contributed by atoms with Crippen molar-refractivity contribution in [3.05, 3.63) is 34.9 Å². The molecule has 0 saturated heterocycles. The van der Waals surface area contributed by atoms with Crippen molar-refractivity contribution >= 4 is 0 Å². The van der Waals surface area contributed by atoms with Gasteiger partial charge in [0.2, 0.25) is 0 Å². The predicted molar refractivity (Wildman–Crippen MR) is 72.4 cm³/mol. The number of hydrogen-bond acceptors (Lipinski definition) is 1. The summed E-state index contributed by atoms with van der Waals surface area (Å²) in [5.41, 5.74) is 4.60. The van der Waals surface area contributed by atoms with Gasteiger partial charge in [0.05, 0.1) is 0 Å². The van der Waals surface area contributed by atoms with Crippen LogP contribution in [0.4, 0.5) is 0 Å². The first kappa shape index (κ1) is 11.3. The van der Waals surface area contributed by atoms with E-state index in [2.05, 4.69) is 30.4 Å². The molecule has 2 aliphatic rings. The van der Waals surface area contributed by atoms with Crippen molar-refractivity contribution in [2.45, 2.75) is 64.0 Å². The zero-order valence-electron chi connectivity index (χ0n) is 10.8. The molecule has 1 atom stereocenters. The summed E-state index contributed by atoms with van der Waals surface area (Å²) in [6.45, 7) is 2.20. The van der Waals surface area contributed by atoms with Crippen LogP contribution in [-0.2, 0) is 12.8 Å². The van der Waals surface area contributed by atoms with Crippen LogP contribution in [0.1, 0.15) is 48.8 Å². The molecule has 1 aromatic rings. The zero-order valence-corrected chi connectivity index (χ0v) is 10.8. The van der Waals surface area contributed by atoms with Gasteiger partial charge in [-0.2, -0.15) is 0 Å². The molecule has 0 aliphatic heterocycles. The number of fused-ring (bicyclic) bond motifs is 1. The first-order valence-corrected chi connectivity index (χ1v) is 7.16. The smallest absolute Gasteiger partial charge is 0.00759 e. The Hall–Kier alpha value is -0.820. The maximum atomic E-state index is 3.84. The van der Waals surface area contributed by atoms with E-state index in [9.17, 15) is 0 Å². The van der Waals surface area contributed by atoms with Crippen LogP contribution < -0.4 is 5.32 Å². The van der Waals surface area contributed by atoms with Crippen LogP contribution in [-0.4, -0.2) is 12.1 Å². The lowest BCUT2D eigenvalue weighted by Gasteiger charge is -2.31. The van der Waals surface area contributed by atoms with Crippen LogP contribution in [0.5, 0.6) is 0 Å². The molecule has 3 rings (SSSR count). The lowest BCUT2D eigenvalue weighted by molar-refractivity contribution is 0.290. The standard InChI is InChI=1S/C16H23N/c1-12-5-6-13-7-9-16(10-8-14(13)11-12)17-15-3-2-4-15/h5-6,11,15-17H,2-4,7-10H2,1H3. The third kappa shape index (κ3) is 2.55. The van der Waals surface area contributed by atoms with Crippen molar-refractivity contribution in [2.75, 3.05) is 0 Å². The molecule has 2 aliphatic carbocycles. The number of nitrogens with one attached hydrogen (secondary N) is 1. The fraction of sp³-hybridized carbons (Fsp3) is 0.625. The van der Waals surface area contributed by atoms with E-state index in [4.69, 9.17) is 0 Å². The van der Waals surface area contributed by atoms with Gasteiger partial charge in [0.25, 0.3) is 0 Å². The van der Waals surface area contributed by atoms with Gasteiger partial charge >= 0.3 is 0 Å². The summed E-state index contributed by atoms with van der Waals surface area (Å²) in [7, 11) is 0. The molecule has 17 heavy (non-hydrogen) atoms. The van der Waals surface area contributed by atoms with Gasteiger partial charge in [-0.1, -0.05) is 30.2 Å². The van der Waals surface area contributed by atoms with Crippen molar-refractivity contribution in [2.24, 2.45) is 0 Å². The van der Waals surface area contributed by atoms with Gasteiger partial charge < -0.3 is 5.32 Å². The average Bonchev–Trinajstić information content (AvgIpc) is 2.46. The molecule has 1 N–H and O–H groups in total. The molecule has 1 unspecified atom stereocenters. The van der Waals surface area contributed by atoms with Gasteiger partial charge in [-0.25, -0.2) is 0 Å². The molecule has 1 heteroatoms. The van der Waals surface area contributed by atoms with E-state index in [0.29, 0.717) is 0 Å².